The van der Waals surface area contributed by atoms with E-state index in [0.29, 0.717) is 19.4 Å². The first-order chi connectivity index (χ1) is 9.65. The van der Waals surface area contributed by atoms with Crippen molar-refractivity contribution in [2.75, 3.05) is 13.7 Å². The summed E-state index contributed by atoms with van der Waals surface area (Å²) >= 11 is 0. The van der Waals surface area contributed by atoms with Crippen molar-refractivity contribution in [3.63, 3.8) is 0 Å². The van der Waals surface area contributed by atoms with Crippen LogP contribution in [0.2, 0.25) is 0 Å². The Bertz CT molecular complexity index is 637. The monoisotopic (exact) mass is 271 g/mol. The normalized spacial score (nSPS) is 10.3. The van der Waals surface area contributed by atoms with E-state index < -0.39 is 0 Å². The summed E-state index contributed by atoms with van der Waals surface area (Å²) in [5.41, 5.74) is 1.09. The number of rotatable bonds is 5. The van der Waals surface area contributed by atoms with Gasteiger partial charge in [0.1, 0.15) is 5.75 Å². The van der Waals surface area contributed by atoms with Gasteiger partial charge in [-0.25, -0.2) is 0 Å². The number of fused-ring (bicyclic) bond motifs is 1. The number of amides is 2. The average molecular weight is 271 g/mol. The summed E-state index contributed by atoms with van der Waals surface area (Å²) in [7, 11) is 1.63. The third-order valence-corrected chi connectivity index (χ3v) is 3.33. The number of carbonyl (C=O) groups is 2. The SMILES string of the molecule is COc1ccc2cccc(CCN(C=O)C(C)=O)c2c1. The second kappa shape index (κ2) is 6.19. The molecular weight excluding hydrogens is 254 g/mol. The summed E-state index contributed by atoms with van der Waals surface area (Å²) in [4.78, 5) is 23.2. The number of nitrogens with zero attached hydrogens (tertiary/aromatic N) is 1. The third kappa shape index (κ3) is 2.96. The number of ether oxygens (including phenoxy) is 1. The lowest BCUT2D eigenvalue weighted by Gasteiger charge is -2.14. The summed E-state index contributed by atoms with van der Waals surface area (Å²) in [6, 6.07) is 11.9. The van der Waals surface area contributed by atoms with Crippen LogP contribution in [0.3, 0.4) is 0 Å². The first-order valence-electron chi connectivity index (χ1n) is 6.44. The minimum atomic E-state index is -0.238. The molecule has 0 saturated heterocycles. The molecule has 4 nitrogen and oxygen atoms in total. The van der Waals surface area contributed by atoms with Gasteiger partial charge >= 0.3 is 0 Å². The minimum absolute atomic E-state index is 0.238. The van der Waals surface area contributed by atoms with Crippen LogP contribution in [0.5, 0.6) is 5.75 Å². The van der Waals surface area contributed by atoms with Crippen molar-refractivity contribution in [2.24, 2.45) is 0 Å². The van der Waals surface area contributed by atoms with Crippen molar-refractivity contribution in [3.8, 4) is 5.75 Å². The van der Waals surface area contributed by atoms with E-state index in [0.717, 1.165) is 22.1 Å². The second-order valence-electron chi connectivity index (χ2n) is 4.57. The Morgan fingerprint density at radius 2 is 2.10 bits per heavy atom. The average Bonchev–Trinajstić information content (AvgIpc) is 2.47. The van der Waals surface area contributed by atoms with Crippen LogP contribution in [0.25, 0.3) is 10.8 Å². The fourth-order valence-corrected chi connectivity index (χ4v) is 2.19. The molecule has 4 heteroatoms. The number of benzene rings is 2. The molecule has 0 aliphatic rings. The van der Waals surface area contributed by atoms with Gasteiger partial charge in [-0.3, -0.25) is 14.5 Å². The maximum Gasteiger partial charge on any atom is 0.225 e. The molecule has 0 heterocycles. The van der Waals surface area contributed by atoms with E-state index in [-0.39, 0.29) is 5.91 Å². The van der Waals surface area contributed by atoms with Crippen LogP contribution in [-0.2, 0) is 16.0 Å². The maximum atomic E-state index is 11.2. The number of hydrogen-bond donors (Lipinski definition) is 0. The standard InChI is InChI=1S/C16H17NO3/c1-12(19)17(11-18)9-8-14-5-3-4-13-6-7-15(20-2)10-16(13)14/h3-7,10-11H,8-9H2,1-2H3. The highest BCUT2D eigenvalue weighted by Crippen LogP contribution is 2.24. The molecule has 0 unspecified atom stereocenters. The van der Waals surface area contributed by atoms with Gasteiger partial charge in [0.05, 0.1) is 7.11 Å². The first-order valence-corrected chi connectivity index (χ1v) is 6.44. The zero-order valence-corrected chi connectivity index (χ0v) is 11.6. The quantitative estimate of drug-likeness (QED) is 0.784. The Morgan fingerprint density at radius 1 is 1.30 bits per heavy atom. The molecule has 0 bridgehead atoms. The van der Waals surface area contributed by atoms with Gasteiger partial charge in [0.15, 0.2) is 0 Å². The summed E-state index contributed by atoms with van der Waals surface area (Å²) < 4.78 is 5.24. The first kappa shape index (κ1) is 14.1. The number of hydrogen-bond acceptors (Lipinski definition) is 3. The van der Waals surface area contributed by atoms with E-state index in [4.69, 9.17) is 4.74 Å². The maximum absolute atomic E-state index is 11.2. The van der Waals surface area contributed by atoms with Crippen molar-refractivity contribution < 1.29 is 14.3 Å². The number of methoxy groups -OCH3 is 1. The molecule has 0 radical (unpaired) electrons. The molecule has 2 rings (SSSR count). The van der Waals surface area contributed by atoms with Crippen LogP contribution in [0, 0.1) is 0 Å². The fraction of sp³-hybridized carbons (Fsp3) is 0.250. The Morgan fingerprint density at radius 3 is 2.75 bits per heavy atom. The van der Waals surface area contributed by atoms with Crippen LogP contribution in [0.4, 0.5) is 0 Å². The summed E-state index contributed by atoms with van der Waals surface area (Å²) in [6.45, 7) is 1.77. The van der Waals surface area contributed by atoms with Gasteiger partial charge in [0.25, 0.3) is 0 Å². The van der Waals surface area contributed by atoms with E-state index >= 15 is 0 Å². The lowest BCUT2D eigenvalue weighted by Crippen LogP contribution is -2.29. The van der Waals surface area contributed by atoms with Crippen molar-refractivity contribution >= 4 is 23.1 Å². The highest BCUT2D eigenvalue weighted by atomic mass is 16.5. The highest BCUT2D eigenvalue weighted by Gasteiger charge is 2.08. The van der Waals surface area contributed by atoms with Gasteiger partial charge in [0.2, 0.25) is 12.3 Å². The van der Waals surface area contributed by atoms with Crippen molar-refractivity contribution in [1.29, 1.82) is 0 Å². The molecule has 2 amide bonds. The Hall–Kier alpha value is -2.36. The molecule has 20 heavy (non-hydrogen) atoms. The van der Waals surface area contributed by atoms with E-state index in [2.05, 4.69) is 0 Å². The van der Waals surface area contributed by atoms with Crippen LogP contribution in [0.15, 0.2) is 36.4 Å². The van der Waals surface area contributed by atoms with Crippen LogP contribution in [0.1, 0.15) is 12.5 Å². The van der Waals surface area contributed by atoms with Crippen molar-refractivity contribution in [1.82, 2.24) is 4.90 Å². The predicted molar refractivity (Wildman–Crippen MR) is 77.7 cm³/mol. The van der Waals surface area contributed by atoms with Crippen molar-refractivity contribution in [2.45, 2.75) is 13.3 Å². The van der Waals surface area contributed by atoms with E-state index in [1.807, 2.05) is 36.4 Å². The molecule has 0 aromatic heterocycles. The van der Waals surface area contributed by atoms with Crippen LogP contribution >= 0.6 is 0 Å². The highest BCUT2D eigenvalue weighted by molar-refractivity contribution is 5.87. The minimum Gasteiger partial charge on any atom is -0.497 e. The van der Waals surface area contributed by atoms with Crippen LogP contribution < -0.4 is 4.74 Å². The zero-order chi connectivity index (χ0) is 14.5. The molecular formula is C16H17NO3. The molecule has 2 aromatic carbocycles. The van der Waals surface area contributed by atoms with E-state index in [1.54, 1.807) is 7.11 Å². The molecule has 0 saturated carbocycles. The fourth-order valence-electron chi connectivity index (χ4n) is 2.19. The lowest BCUT2D eigenvalue weighted by atomic mass is 10.0. The molecule has 0 atom stereocenters. The summed E-state index contributed by atoms with van der Waals surface area (Å²) in [5.74, 6) is 0.557. The Kier molecular flexibility index (Phi) is 4.35. The van der Waals surface area contributed by atoms with Crippen LogP contribution in [-0.4, -0.2) is 30.9 Å². The molecule has 0 spiro atoms. The summed E-state index contributed by atoms with van der Waals surface area (Å²) in [6.07, 6.45) is 1.21. The van der Waals surface area contributed by atoms with Gasteiger partial charge < -0.3 is 4.74 Å². The largest absolute Gasteiger partial charge is 0.497 e. The summed E-state index contributed by atoms with van der Waals surface area (Å²) in [5, 5.41) is 2.20. The van der Waals surface area contributed by atoms with E-state index in [1.165, 1.54) is 11.8 Å². The molecule has 104 valence electrons. The van der Waals surface area contributed by atoms with E-state index in [9.17, 15) is 9.59 Å². The Labute approximate surface area is 117 Å². The van der Waals surface area contributed by atoms with Gasteiger partial charge in [-0.1, -0.05) is 24.3 Å². The molecule has 0 aliphatic heterocycles. The van der Waals surface area contributed by atoms with Crippen molar-refractivity contribution in [3.05, 3.63) is 42.0 Å². The molecule has 0 N–H and O–H groups in total. The topological polar surface area (TPSA) is 46.6 Å². The molecule has 2 aromatic rings. The van der Waals surface area contributed by atoms with Gasteiger partial charge in [-0.05, 0) is 34.9 Å². The van der Waals surface area contributed by atoms with Gasteiger partial charge in [-0.15, -0.1) is 0 Å². The smallest absolute Gasteiger partial charge is 0.225 e. The molecule has 0 aliphatic carbocycles. The second-order valence-corrected chi connectivity index (χ2v) is 4.57. The number of carbonyl (C=O) groups excluding carboxylic acids is 2. The predicted octanol–water partition coefficient (Wildman–Crippen LogP) is 2.40. The lowest BCUT2D eigenvalue weighted by molar-refractivity contribution is -0.136. The third-order valence-electron chi connectivity index (χ3n) is 3.33. The number of imide groups is 1. The van der Waals surface area contributed by atoms with Gasteiger partial charge in [-0.2, -0.15) is 0 Å². The molecule has 0 fully saturated rings. The Balaban J connectivity index is 2.29. The van der Waals surface area contributed by atoms with Gasteiger partial charge in [0, 0.05) is 13.5 Å². The zero-order valence-electron chi connectivity index (χ0n) is 11.6.